The van der Waals surface area contributed by atoms with E-state index in [1.54, 1.807) is 6.92 Å². The monoisotopic (exact) mass is 312 g/mol. The van der Waals surface area contributed by atoms with Crippen LogP contribution in [0.1, 0.15) is 35.4 Å². The average molecular weight is 313 g/mol. The molecule has 0 aliphatic rings. The summed E-state index contributed by atoms with van der Waals surface area (Å²) in [5, 5.41) is 0. The van der Waals surface area contributed by atoms with Gasteiger partial charge in [-0.05, 0) is 37.5 Å². The van der Waals surface area contributed by atoms with Gasteiger partial charge < -0.3 is 4.74 Å². The summed E-state index contributed by atoms with van der Waals surface area (Å²) < 4.78 is 4.91. The van der Waals surface area contributed by atoms with Crippen molar-refractivity contribution in [2.24, 2.45) is 0 Å². The predicted molar refractivity (Wildman–Crippen MR) is 73.9 cm³/mol. The highest BCUT2D eigenvalue weighted by molar-refractivity contribution is 9.09. The molecule has 0 N–H and O–H groups in total. The van der Waals surface area contributed by atoms with Crippen molar-refractivity contribution in [3.8, 4) is 0 Å². The Bertz CT molecular complexity index is 454. The minimum absolute atomic E-state index is 0.0476. The number of Topliss-reactive ketones (excluding diaryl/α,β-unsaturated/α-hetero) is 1. The number of aryl methyl sites for hydroxylation is 1. The second-order valence-corrected chi connectivity index (χ2v) is 5.06. The molecule has 1 unspecified atom stereocenters. The van der Waals surface area contributed by atoms with Crippen molar-refractivity contribution in [1.82, 2.24) is 0 Å². The maximum atomic E-state index is 11.4. The van der Waals surface area contributed by atoms with Gasteiger partial charge in [0.2, 0.25) is 0 Å². The second kappa shape index (κ2) is 6.69. The first-order valence-corrected chi connectivity index (χ1v) is 6.76. The first-order chi connectivity index (χ1) is 8.45. The molecule has 0 aromatic heterocycles. The molecule has 98 valence electrons. The summed E-state index contributed by atoms with van der Waals surface area (Å²) in [5.74, 6) is -0.201. The van der Waals surface area contributed by atoms with Gasteiger partial charge in [0, 0.05) is 0 Å². The van der Waals surface area contributed by atoms with Crippen molar-refractivity contribution in [2.45, 2.75) is 32.0 Å². The quantitative estimate of drug-likeness (QED) is 0.619. The van der Waals surface area contributed by atoms with E-state index in [1.807, 2.05) is 25.1 Å². The molecule has 0 amide bonds. The standard InChI is InChI=1S/C14H17BrO3/c1-4-18-13(17)8-11-6-5-9(2)12(7-11)14(15)10(3)16/h5-7,14H,4,8H2,1-3H3. The summed E-state index contributed by atoms with van der Waals surface area (Å²) in [7, 11) is 0. The highest BCUT2D eigenvalue weighted by Crippen LogP contribution is 2.27. The third-order valence-corrected chi connectivity index (χ3v) is 3.77. The molecule has 0 aliphatic heterocycles. The lowest BCUT2D eigenvalue weighted by Gasteiger charge is -2.12. The minimum atomic E-state index is -0.320. The number of hydrogen-bond donors (Lipinski definition) is 0. The summed E-state index contributed by atoms with van der Waals surface area (Å²) in [5.41, 5.74) is 2.80. The Balaban J connectivity index is 2.93. The molecule has 0 saturated carbocycles. The molecule has 0 fully saturated rings. The van der Waals surface area contributed by atoms with Crippen LogP contribution in [-0.2, 0) is 20.7 Å². The first-order valence-electron chi connectivity index (χ1n) is 5.85. The van der Waals surface area contributed by atoms with Gasteiger partial charge in [-0.1, -0.05) is 34.1 Å². The molecule has 0 radical (unpaired) electrons. The third-order valence-electron chi connectivity index (χ3n) is 2.63. The van der Waals surface area contributed by atoms with Gasteiger partial charge >= 0.3 is 5.97 Å². The molecule has 3 nitrogen and oxygen atoms in total. The number of ether oxygens (including phenoxy) is 1. The zero-order valence-electron chi connectivity index (χ0n) is 10.8. The Hall–Kier alpha value is -1.16. The minimum Gasteiger partial charge on any atom is -0.466 e. The van der Waals surface area contributed by atoms with Crippen LogP contribution in [0.3, 0.4) is 0 Å². The van der Waals surface area contributed by atoms with Gasteiger partial charge in [-0.2, -0.15) is 0 Å². The Morgan fingerprint density at radius 1 is 1.39 bits per heavy atom. The SMILES string of the molecule is CCOC(=O)Cc1ccc(C)c(C(Br)C(C)=O)c1. The fraction of sp³-hybridized carbons (Fsp3) is 0.429. The summed E-state index contributed by atoms with van der Waals surface area (Å²) in [4.78, 5) is 22.5. The normalized spacial score (nSPS) is 12.0. The van der Waals surface area contributed by atoms with E-state index >= 15 is 0 Å². The van der Waals surface area contributed by atoms with Crippen LogP contribution < -0.4 is 0 Å². The maximum Gasteiger partial charge on any atom is 0.310 e. The van der Waals surface area contributed by atoms with Crippen LogP contribution in [0, 0.1) is 6.92 Å². The van der Waals surface area contributed by atoms with Crippen molar-refractivity contribution >= 4 is 27.7 Å². The fourth-order valence-electron chi connectivity index (χ4n) is 1.67. The number of esters is 1. The van der Waals surface area contributed by atoms with Crippen LogP contribution in [0.5, 0.6) is 0 Å². The van der Waals surface area contributed by atoms with Crippen molar-refractivity contribution in [2.75, 3.05) is 6.61 Å². The summed E-state index contributed by atoms with van der Waals surface area (Å²) >= 11 is 3.37. The third kappa shape index (κ3) is 3.95. The summed E-state index contributed by atoms with van der Waals surface area (Å²) in [6, 6.07) is 5.68. The molecule has 18 heavy (non-hydrogen) atoms. The number of hydrogen-bond acceptors (Lipinski definition) is 3. The van der Waals surface area contributed by atoms with Gasteiger partial charge in [0.1, 0.15) is 5.78 Å². The Kier molecular flexibility index (Phi) is 5.54. The smallest absolute Gasteiger partial charge is 0.310 e. The van der Waals surface area contributed by atoms with E-state index in [2.05, 4.69) is 15.9 Å². The molecule has 1 aromatic rings. The highest BCUT2D eigenvalue weighted by Gasteiger charge is 2.16. The van der Waals surface area contributed by atoms with E-state index in [0.717, 1.165) is 16.7 Å². The Morgan fingerprint density at radius 3 is 2.61 bits per heavy atom. The number of alkyl halides is 1. The lowest BCUT2D eigenvalue weighted by molar-refractivity contribution is -0.142. The molecule has 1 atom stereocenters. The van der Waals surface area contributed by atoms with Crippen LogP contribution in [0.25, 0.3) is 0 Å². The number of carbonyl (C=O) groups excluding carboxylic acids is 2. The molecule has 0 spiro atoms. The number of ketones is 1. The molecule has 0 heterocycles. The Morgan fingerprint density at radius 2 is 2.06 bits per heavy atom. The Labute approximate surface area is 116 Å². The average Bonchev–Trinajstić information content (AvgIpc) is 2.31. The molecular weight excluding hydrogens is 296 g/mol. The van der Waals surface area contributed by atoms with E-state index in [1.165, 1.54) is 6.92 Å². The maximum absolute atomic E-state index is 11.4. The van der Waals surface area contributed by atoms with E-state index in [4.69, 9.17) is 4.74 Å². The molecule has 4 heteroatoms. The zero-order valence-corrected chi connectivity index (χ0v) is 12.4. The molecule has 0 bridgehead atoms. The van der Waals surface area contributed by atoms with Crippen molar-refractivity contribution in [1.29, 1.82) is 0 Å². The second-order valence-electron chi connectivity index (χ2n) is 4.15. The van der Waals surface area contributed by atoms with E-state index < -0.39 is 0 Å². The van der Waals surface area contributed by atoms with Crippen molar-refractivity contribution in [3.05, 3.63) is 34.9 Å². The fourth-order valence-corrected chi connectivity index (χ4v) is 2.16. The topological polar surface area (TPSA) is 43.4 Å². The number of rotatable bonds is 5. The van der Waals surface area contributed by atoms with E-state index in [9.17, 15) is 9.59 Å². The number of benzene rings is 1. The van der Waals surface area contributed by atoms with Gasteiger partial charge in [-0.3, -0.25) is 9.59 Å². The van der Waals surface area contributed by atoms with Gasteiger partial charge in [-0.25, -0.2) is 0 Å². The molecule has 1 rings (SSSR count). The zero-order chi connectivity index (χ0) is 13.7. The predicted octanol–water partition coefficient (Wildman–Crippen LogP) is 3.13. The van der Waals surface area contributed by atoms with Crippen LogP contribution >= 0.6 is 15.9 Å². The van der Waals surface area contributed by atoms with Gasteiger partial charge in [0.15, 0.2) is 0 Å². The number of carbonyl (C=O) groups is 2. The molecular formula is C14H17BrO3. The van der Waals surface area contributed by atoms with Crippen LogP contribution in [0.2, 0.25) is 0 Å². The molecule has 0 saturated heterocycles. The molecule has 1 aromatic carbocycles. The van der Waals surface area contributed by atoms with Gasteiger partial charge in [0.05, 0.1) is 17.9 Å². The first kappa shape index (κ1) is 14.9. The largest absolute Gasteiger partial charge is 0.466 e. The van der Waals surface area contributed by atoms with Crippen LogP contribution in [0.4, 0.5) is 0 Å². The summed E-state index contributed by atoms with van der Waals surface area (Å²) in [6.07, 6.45) is 0.235. The van der Waals surface area contributed by atoms with Crippen LogP contribution in [0.15, 0.2) is 18.2 Å². The van der Waals surface area contributed by atoms with E-state index in [0.29, 0.717) is 6.61 Å². The van der Waals surface area contributed by atoms with Crippen LogP contribution in [-0.4, -0.2) is 18.4 Å². The lowest BCUT2D eigenvalue weighted by atomic mass is 9.99. The molecule has 0 aliphatic carbocycles. The lowest BCUT2D eigenvalue weighted by Crippen LogP contribution is -2.09. The number of halogens is 1. The summed E-state index contributed by atoms with van der Waals surface area (Å²) in [6.45, 7) is 5.65. The van der Waals surface area contributed by atoms with Gasteiger partial charge in [-0.15, -0.1) is 0 Å². The van der Waals surface area contributed by atoms with Crippen molar-refractivity contribution in [3.63, 3.8) is 0 Å². The highest BCUT2D eigenvalue weighted by atomic mass is 79.9. The van der Waals surface area contributed by atoms with Crippen molar-refractivity contribution < 1.29 is 14.3 Å². The van der Waals surface area contributed by atoms with Gasteiger partial charge in [0.25, 0.3) is 0 Å². The van der Waals surface area contributed by atoms with E-state index in [-0.39, 0.29) is 23.0 Å².